The van der Waals surface area contributed by atoms with E-state index in [1.165, 1.54) is 15.4 Å². The zero-order valence-electron chi connectivity index (χ0n) is 11.7. The van der Waals surface area contributed by atoms with E-state index < -0.39 is 0 Å². The molecule has 3 aromatic rings. The van der Waals surface area contributed by atoms with Gasteiger partial charge in [0.05, 0.1) is 6.54 Å². The van der Waals surface area contributed by atoms with Gasteiger partial charge in [-0.2, -0.15) is 0 Å². The van der Waals surface area contributed by atoms with Crippen LogP contribution in [0, 0.1) is 0 Å². The van der Waals surface area contributed by atoms with Crippen LogP contribution in [0.2, 0.25) is 0 Å². The fourth-order valence-corrected chi connectivity index (χ4v) is 3.78. The topological polar surface area (TPSA) is 12.4 Å². The largest absolute Gasteiger partial charge is 0.251 e. The summed E-state index contributed by atoms with van der Waals surface area (Å²) < 4.78 is 4.96. The molecule has 0 N–H and O–H groups in total. The van der Waals surface area contributed by atoms with Crippen LogP contribution in [-0.4, -0.2) is 0 Å². The lowest BCUT2D eigenvalue weighted by Gasteiger charge is -2.09. The molecule has 0 unspecified atom stereocenters. The van der Waals surface area contributed by atoms with E-state index in [2.05, 4.69) is 72.8 Å². The second-order valence-electron chi connectivity index (χ2n) is 4.68. The van der Waals surface area contributed by atoms with Gasteiger partial charge in [0.25, 0.3) is 0 Å². The minimum absolute atomic E-state index is 0.227. The van der Waals surface area contributed by atoms with Gasteiger partial charge in [0.2, 0.25) is 0 Å². The molecule has 0 aliphatic rings. The minimum Gasteiger partial charge on any atom is -0.251 e. The molecule has 0 aliphatic heterocycles. The normalized spacial score (nSPS) is 10.5. The maximum absolute atomic E-state index is 4.96. The highest BCUT2D eigenvalue weighted by Crippen LogP contribution is 2.19. The molecule has 3 rings (SSSR count). The van der Waals surface area contributed by atoms with Crippen molar-refractivity contribution in [3.63, 3.8) is 0 Å². The molecule has 0 aromatic heterocycles. The summed E-state index contributed by atoms with van der Waals surface area (Å²) >= 11 is 0. The van der Waals surface area contributed by atoms with Gasteiger partial charge in [-0.05, 0) is 40.5 Å². The van der Waals surface area contributed by atoms with E-state index in [-0.39, 0.29) is 10.7 Å². The zero-order chi connectivity index (χ0) is 14.3. The highest BCUT2D eigenvalue weighted by atomic mass is 32.2. The molecule has 1 nitrogen and oxygen atoms in total. The molecule has 0 heterocycles. The van der Waals surface area contributed by atoms with Gasteiger partial charge in [0.15, 0.2) is 0 Å². The molecule has 0 saturated heterocycles. The van der Waals surface area contributed by atoms with Crippen LogP contribution in [0.15, 0.2) is 105 Å². The maximum Gasteiger partial charge on any atom is 0.0716 e. The maximum atomic E-state index is 4.96. The fraction of sp³-hybridized carbons (Fsp3) is 0.0526. The van der Waals surface area contributed by atoms with E-state index in [0.717, 1.165) is 6.54 Å². The van der Waals surface area contributed by atoms with Crippen molar-refractivity contribution in [2.45, 2.75) is 16.3 Å². The summed E-state index contributed by atoms with van der Waals surface area (Å²) in [6.07, 6.45) is 0. The van der Waals surface area contributed by atoms with Gasteiger partial charge in [0, 0.05) is 9.79 Å². The number of hydrogen-bond acceptors (Lipinski definition) is 1. The third-order valence-corrected chi connectivity index (χ3v) is 4.98. The van der Waals surface area contributed by atoms with Crippen LogP contribution in [0.3, 0.4) is 0 Å². The molecule has 0 aliphatic carbocycles. The SMILES string of the molecule is c1ccc(CN=S(c2ccccc2)c2ccccc2)cc1. The molecular weight excluding hydrogens is 274 g/mol. The van der Waals surface area contributed by atoms with Crippen molar-refractivity contribution >= 4 is 10.7 Å². The minimum atomic E-state index is -0.227. The van der Waals surface area contributed by atoms with Crippen molar-refractivity contribution < 1.29 is 0 Å². The average Bonchev–Trinajstić information content (AvgIpc) is 2.58. The van der Waals surface area contributed by atoms with Crippen LogP contribution in [-0.2, 0) is 17.2 Å². The lowest BCUT2D eigenvalue weighted by Crippen LogP contribution is -1.94. The Bertz CT molecular complexity index is 665. The van der Waals surface area contributed by atoms with Gasteiger partial charge < -0.3 is 0 Å². The standard InChI is InChI=1S/C19H17NS/c1-4-10-17(11-5-1)16-20-21(18-12-6-2-7-13-18)19-14-8-3-9-15-19/h1-15H,16H2. The lowest BCUT2D eigenvalue weighted by atomic mass is 10.2. The Balaban J connectivity index is 1.97. The third-order valence-electron chi connectivity index (χ3n) is 3.15. The first-order valence-electron chi connectivity index (χ1n) is 6.99. The Morgan fingerprint density at radius 3 is 1.48 bits per heavy atom. The van der Waals surface area contributed by atoms with Crippen LogP contribution in [0.1, 0.15) is 5.56 Å². The van der Waals surface area contributed by atoms with E-state index in [1.54, 1.807) is 0 Å². The van der Waals surface area contributed by atoms with Crippen LogP contribution in [0.5, 0.6) is 0 Å². The van der Waals surface area contributed by atoms with Gasteiger partial charge >= 0.3 is 0 Å². The van der Waals surface area contributed by atoms with Crippen LogP contribution >= 0.6 is 0 Å². The van der Waals surface area contributed by atoms with E-state index in [1.807, 2.05) is 18.2 Å². The van der Waals surface area contributed by atoms with Crippen molar-refractivity contribution in [3.05, 3.63) is 96.6 Å². The van der Waals surface area contributed by atoms with Crippen molar-refractivity contribution in [1.29, 1.82) is 0 Å². The Morgan fingerprint density at radius 2 is 1.00 bits per heavy atom. The van der Waals surface area contributed by atoms with Crippen molar-refractivity contribution in [3.8, 4) is 0 Å². The summed E-state index contributed by atoms with van der Waals surface area (Å²) in [7, 11) is -0.227. The van der Waals surface area contributed by atoms with Gasteiger partial charge in [-0.25, -0.2) is 0 Å². The second kappa shape index (κ2) is 7.00. The predicted molar refractivity (Wildman–Crippen MR) is 89.4 cm³/mol. The molecule has 0 bridgehead atoms. The van der Waals surface area contributed by atoms with E-state index in [9.17, 15) is 0 Å². The molecule has 104 valence electrons. The third kappa shape index (κ3) is 3.67. The van der Waals surface area contributed by atoms with E-state index in [0.29, 0.717) is 0 Å². The Kier molecular flexibility index (Phi) is 4.59. The highest BCUT2D eigenvalue weighted by molar-refractivity contribution is 7.87. The monoisotopic (exact) mass is 291 g/mol. The van der Waals surface area contributed by atoms with Crippen LogP contribution in [0.25, 0.3) is 0 Å². The smallest absolute Gasteiger partial charge is 0.0716 e. The van der Waals surface area contributed by atoms with E-state index in [4.69, 9.17) is 4.36 Å². The highest BCUT2D eigenvalue weighted by Gasteiger charge is 2.04. The first kappa shape index (κ1) is 13.8. The summed E-state index contributed by atoms with van der Waals surface area (Å²) in [4.78, 5) is 2.53. The summed E-state index contributed by atoms with van der Waals surface area (Å²) in [6, 6.07) is 31.5. The molecule has 3 aromatic carbocycles. The first-order valence-corrected chi connectivity index (χ1v) is 8.17. The fourth-order valence-electron chi connectivity index (χ4n) is 2.11. The summed E-state index contributed by atoms with van der Waals surface area (Å²) in [6.45, 7) is 0.744. The first-order chi connectivity index (χ1) is 10.4. The van der Waals surface area contributed by atoms with Crippen molar-refractivity contribution in [2.24, 2.45) is 4.36 Å². The summed E-state index contributed by atoms with van der Waals surface area (Å²) in [5.74, 6) is 0. The zero-order valence-corrected chi connectivity index (χ0v) is 12.5. The number of benzene rings is 3. The summed E-state index contributed by atoms with van der Waals surface area (Å²) in [5.41, 5.74) is 1.25. The molecule has 0 atom stereocenters. The second-order valence-corrected chi connectivity index (χ2v) is 6.45. The Labute approximate surface area is 128 Å². The molecule has 0 radical (unpaired) electrons. The van der Waals surface area contributed by atoms with Crippen LogP contribution < -0.4 is 0 Å². The van der Waals surface area contributed by atoms with Gasteiger partial charge in [-0.3, -0.25) is 4.36 Å². The quantitative estimate of drug-likeness (QED) is 0.633. The number of rotatable bonds is 4. The Hall–Kier alpha value is -2.19. The van der Waals surface area contributed by atoms with Gasteiger partial charge in [-0.1, -0.05) is 66.7 Å². The molecular formula is C19H17NS. The lowest BCUT2D eigenvalue weighted by molar-refractivity contribution is 1.08. The molecule has 0 amide bonds. The van der Waals surface area contributed by atoms with Gasteiger partial charge in [-0.15, -0.1) is 0 Å². The van der Waals surface area contributed by atoms with Crippen LogP contribution in [0.4, 0.5) is 0 Å². The van der Waals surface area contributed by atoms with Crippen molar-refractivity contribution in [2.75, 3.05) is 0 Å². The number of nitrogens with zero attached hydrogens (tertiary/aromatic N) is 1. The molecule has 2 heteroatoms. The Morgan fingerprint density at radius 1 is 0.571 bits per heavy atom. The van der Waals surface area contributed by atoms with Gasteiger partial charge in [0.1, 0.15) is 0 Å². The molecule has 0 saturated carbocycles. The molecule has 0 spiro atoms. The number of hydrogen-bond donors (Lipinski definition) is 0. The predicted octanol–water partition coefficient (Wildman–Crippen LogP) is 5.11. The molecule has 21 heavy (non-hydrogen) atoms. The summed E-state index contributed by atoms with van der Waals surface area (Å²) in [5, 5.41) is 0. The van der Waals surface area contributed by atoms with E-state index >= 15 is 0 Å². The van der Waals surface area contributed by atoms with Crippen molar-refractivity contribution in [1.82, 2.24) is 0 Å². The average molecular weight is 291 g/mol. The molecule has 0 fully saturated rings.